The number of carbonyl (C=O) groups is 1. The van der Waals surface area contributed by atoms with Crippen LogP contribution < -0.4 is 10.0 Å². The second-order valence-corrected chi connectivity index (χ2v) is 7.80. The first-order valence-corrected chi connectivity index (χ1v) is 9.97. The zero-order valence-electron chi connectivity index (χ0n) is 14.8. The van der Waals surface area contributed by atoms with E-state index in [-0.39, 0.29) is 19.0 Å². The first-order chi connectivity index (χ1) is 12.8. The largest absolute Gasteiger partial charge is 0.444 e. The van der Waals surface area contributed by atoms with Crippen molar-refractivity contribution in [1.29, 1.82) is 0 Å². The van der Waals surface area contributed by atoms with Gasteiger partial charge in [0.1, 0.15) is 6.61 Å². The summed E-state index contributed by atoms with van der Waals surface area (Å²) in [4.78, 5) is 20.6. The van der Waals surface area contributed by atoms with E-state index in [2.05, 4.69) is 20.0 Å². The zero-order chi connectivity index (χ0) is 19.4. The summed E-state index contributed by atoms with van der Waals surface area (Å²) in [5.41, 5.74) is 2.45. The number of aromatic nitrogens is 3. The van der Waals surface area contributed by atoms with Crippen molar-refractivity contribution in [2.45, 2.75) is 20.1 Å². The summed E-state index contributed by atoms with van der Waals surface area (Å²) in [7, 11) is -3.37. The quantitative estimate of drug-likeness (QED) is 0.665. The number of amides is 1. The molecule has 0 aliphatic heterocycles. The van der Waals surface area contributed by atoms with Crippen molar-refractivity contribution in [3.05, 3.63) is 59.7 Å². The van der Waals surface area contributed by atoms with Gasteiger partial charge in [-0.05, 0) is 12.5 Å². The number of hydrogen-bond donors (Lipinski definition) is 2. The molecule has 1 amide bonds. The molecule has 2 N–H and O–H groups in total. The summed E-state index contributed by atoms with van der Waals surface area (Å²) in [5, 5.41) is 2.56. The van der Waals surface area contributed by atoms with E-state index in [1.807, 2.05) is 30.3 Å². The standard InChI is InChI=1S/C17H19N5O4S/c1-12-9-22-10-15(20-16(22)14(19-12)8-18-27(2,24)25)21-17(23)26-11-13-6-4-3-5-7-13/h3-7,9-10,18H,8,11H2,1-2H3,(H,21,23). The van der Waals surface area contributed by atoms with Crippen LogP contribution in [0.3, 0.4) is 0 Å². The molecule has 142 valence electrons. The predicted molar refractivity (Wildman–Crippen MR) is 99.7 cm³/mol. The Kier molecular flexibility index (Phi) is 5.38. The molecule has 0 bridgehead atoms. The molecule has 0 atom stereocenters. The van der Waals surface area contributed by atoms with Gasteiger partial charge < -0.3 is 9.14 Å². The molecule has 2 heterocycles. The normalized spacial score (nSPS) is 11.5. The first kappa shape index (κ1) is 18.8. The fraction of sp³-hybridized carbons (Fsp3) is 0.235. The highest BCUT2D eigenvalue weighted by Crippen LogP contribution is 2.14. The van der Waals surface area contributed by atoms with Crippen molar-refractivity contribution in [2.75, 3.05) is 11.6 Å². The number of fused-ring (bicyclic) bond motifs is 1. The highest BCUT2D eigenvalue weighted by Gasteiger charge is 2.13. The van der Waals surface area contributed by atoms with Crippen LogP contribution in [0.25, 0.3) is 5.65 Å². The second-order valence-electron chi connectivity index (χ2n) is 5.97. The first-order valence-electron chi connectivity index (χ1n) is 8.08. The van der Waals surface area contributed by atoms with E-state index in [1.54, 1.807) is 23.7 Å². The average molecular weight is 389 g/mol. The molecule has 0 spiro atoms. The Morgan fingerprint density at radius 1 is 1.19 bits per heavy atom. The van der Waals surface area contributed by atoms with Crippen LogP contribution in [0, 0.1) is 6.92 Å². The Balaban J connectivity index is 1.72. The Hall–Kier alpha value is -2.98. The second kappa shape index (κ2) is 7.72. The van der Waals surface area contributed by atoms with Gasteiger partial charge in [-0.25, -0.2) is 22.9 Å². The lowest BCUT2D eigenvalue weighted by Crippen LogP contribution is -2.22. The highest BCUT2D eigenvalue weighted by molar-refractivity contribution is 7.88. The lowest BCUT2D eigenvalue weighted by molar-refractivity contribution is 0.155. The maximum atomic E-state index is 12.0. The smallest absolute Gasteiger partial charge is 0.413 e. The molecule has 9 nitrogen and oxygen atoms in total. The van der Waals surface area contributed by atoms with Gasteiger partial charge >= 0.3 is 6.09 Å². The van der Waals surface area contributed by atoms with Gasteiger partial charge in [0.25, 0.3) is 0 Å². The number of anilines is 1. The van der Waals surface area contributed by atoms with E-state index in [4.69, 9.17) is 4.74 Å². The van der Waals surface area contributed by atoms with Crippen LogP contribution in [0.15, 0.2) is 42.7 Å². The van der Waals surface area contributed by atoms with E-state index in [0.29, 0.717) is 17.0 Å². The number of sulfonamides is 1. The molecular weight excluding hydrogens is 370 g/mol. The van der Waals surface area contributed by atoms with Crippen LogP contribution >= 0.6 is 0 Å². The monoisotopic (exact) mass is 389 g/mol. The number of aryl methyl sites for hydroxylation is 1. The number of nitrogens with zero attached hydrogens (tertiary/aromatic N) is 3. The van der Waals surface area contributed by atoms with Crippen LogP contribution in [0.2, 0.25) is 0 Å². The Morgan fingerprint density at radius 2 is 1.93 bits per heavy atom. The number of rotatable bonds is 6. The number of nitrogens with one attached hydrogen (secondary N) is 2. The minimum atomic E-state index is -3.37. The van der Waals surface area contributed by atoms with Gasteiger partial charge in [0.2, 0.25) is 10.0 Å². The minimum absolute atomic E-state index is 0.00107. The third-order valence-corrected chi connectivity index (χ3v) is 4.24. The van der Waals surface area contributed by atoms with Crippen LogP contribution in [0.1, 0.15) is 17.0 Å². The van der Waals surface area contributed by atoms with E-state index in [9.17, 15) is 13.2 Å². The van der Waals surface area contributed by atoms with Crippen molar-refractivity contribution >= 4 is 27.6 Å². The van der Waals surface area contributed by atoms with Crippen molar-refractivity contribution in [1.82, 2.24) is 19.1 Å². The molecule has 0 aliphatic carbocycles. The number of benzene rings is 1. The van der Waals surface area contributed by atoms with Crippen LogP contribution in [0.5, 0.6) is 0 Å². The third-order valence-electron chi connectivity index (χ3n) is 3.57. The molecule has 1 aromatic carbocycles. The van der Waals surface area contributed by atoms with Crippen molar-refractivity contribution in [3.8, 4) is 0 Å². The Bertz CT molecular complexity index is 1060. The summed E-state index contributed by atoms with van der Waals surface area (Å²) in [5.74, 6) is 0.279. The molecule has 0 saturated carbocycles. The van der Waals surface area contributed by atoms with Gasteiger partial charge in [-0.3, -0.25) is 10.3 Å². The fourth-order valence-corrected chi connectivity index (χ4v) is 2.84. The molecule has 2 aromatic heterocycles. The van der Waals surface area contributed by atoms with Crippen molar-refractivity contribution in [2.24, 2.45) is 0 Å². The Morgan fingerprint density at radius 3 is 2.63 bits per heavy atom. The van der Waals surface area contributed by atoms with E-state index in [0.717, 1.165) is 11.8 Å². The molecule has 0 saturated heterocycles. The Labute approximate surface area is 156 Å². The van der Waals surface area contributed by atoms with Gasteiger partial charge in [-0.1, -0.05) is 30.3 Å². The number of imidazole rings is 1. The maximum absolute atomic E-state index is 12.0. The molecule has 0 aliphatic rings. The van der Waals surface area contributed by atoms with Crippen LogP contribution in [-0.4, -0.2) is 35.1 Å². The van der Waals surface area contributed by atoms with Crippen molar-refractivity contribution in [3.63, 3.8) is 0 Å². The predicted octanol–water partition coefficient (Wildman–Crippen LogP) is 1.84. The molecule has 0 unspecified atom stereocenters. The van der Waals surface area contributed by atoms with Crippen LogP contribution in [-0.2, 0) is 27.9 Å². The molecule has 3 aromatic rings. The van der Waals surface area contributed by atoms with E-state index >= 15 is 0 Å². The summed E-state index contributed by atoms with van der Waals surface area (Å²) >= 11 is 0. The summed E-state index contributed by atoms with van der Waals surface area (Å²) in [6.07, 6.45) is 3.77. The molecule has 0 fully saturated rings. The van der Waals surface area contributed by atoms with Gasteiger partial charge in [-0.2, -0.15) is 0 Å². The van der Waals surface area contributed by atoms with Gasteiger partial charge in [-0.15, -0.1) is 0 Å². The van der Waals surface area contributed by atoms with Gasteiger partial charge in [0.15, 0.2) is 11.5 Å². The van der Waals surface area contributed by atoms with E-state index < -0.39 is 16.1 Å². The average Bonchev–Trinajstić information content (AvgIpc) is 3.00. The zero-order valence-corrected chi connectivity index (χ0v) is 15.7. The lowest BCUT2D eigenvalue weighted by Gasteiger charge is -2.05. The molecule has 0 radical (unpaired) electrons. The summed E-state index contributed by atoms with van der Waals surface area (Å²) in [6.45, 7) is 1.92. The minimum Gasteiger partial charge on any atom is -0.444 e. The van der Waals surface area contributed by atoms with Crippen LogP contribution in [0.4, 0.5) is 10.6 Å². The maximum Gasteiger partial charge on any atom is 0.413 e. The third kappa shape index (κ3) is 5.25. The molecule has 27 heavy (non-hydrogen) atoms. The fourth-order valence-electron chi connectivity index (χ4n) is 2.44. The summed E-state index contributed by atoms with van der Waals surface area (Å²) in [6, 6.07) is 9.31. The summed E-state index contributed by atoms with van der Waals surface area (Å²) < 4.78 is 31.9. The topological polar surface area (TPSA) is 115 Å². The van der Waals surface area contributed by atoms with Gasteiger partial charge in [0.05, 0.1) is 30.4 Å². The SMILES string of the molecule is Cc1cn2cc(NC(=O)OCc3ccccc3)nc2c(CNS(C)(=O)=O)n1. The molecule has 10 heteroatoms. The number of ether oxygens (including phenoxy) is 1. The number of hydrogen-bond acceptors (Lipinski definition) is 6. The van der Waals surface area contributed by atoms with Crippen molar-refractivity contribution < 1.29 is 17.9 Å². The highest BCUT2D eigenvalue weighted by atomic mass is 32.2. The molecule has 3 rings (SSSR count). The molecular formula is C17H19N5O4S. The lowest BCUT2D eigenvalue weighted by atomic mass is 10.2. The van der Waals surface area contributed by atoms with Gasteiger partial charge in [0, 0.05) is 6.20 Å². The number of carbonyl (C=O) groups excluding carboxylic acids is 1. The van der Waals surface area contributed by atoms with E-state index in [1.165, 1.54) is 0 Å².